The van der Waals surface area contributed by atoms with Crippen molar-refractivity contribution in [3.05, 3.63) is 18.2 Å². The van der Waals surface area contributed by atoms with E-state index in [1.807, 2.05) is 34.6 Å². The Balaban J connectivity index is 1.60. The normalized spacial score (nSPS) is 21.4. The number of aromatic nitrogens is 2. The lowest BCUT2D eigenvalue weighted by Gasteiger charge is -2.40. The van der Waals surface area contributed by atoms with Gasteiger partial charge in [0.15, 0.2) is 10.9 Å². The highest BCUT2D eigenvalue weighted by Crippen LogP contribution is 2.32. The number of alkyl halides is 2. The number of carbonyl (C=O) groups excluding carboxylic acids is 1. The number of rotatable bonds is 7. The number of halogens is 2. The fourth-order valence-corrected chi connectivity index (χ4v) is 4.29. The molecule has 2 heterocycles. The zero-order chi connectivity index (χ0) is 22.8. The van der Waals surface area contributed by atoms with Gasteiger partial charge in [-0.1, -0.05) is 11.8 Å². The van der Waals surface area contributed by atoms with Crippen LogP contribution in [-0.4, -0.2) is 51.9 Å². The van der Waals surface area contributed by atoms with Gasteiger partial charge in [0, 0.05) is 18.2 Å². The predicted molar refractivity (Wildman–Crippen MR) is 112 cm³/mol. The molecule has 0 spiro atoms. The summed E-state index contributed by atoms with van der Waals surface area (Å²) in [5.74, 6) is -0.491. The molecule has 0 saturated carbocycles. The van der Waals surface area contributed by atoms with Crippen LogP contribution in [0.1, 0.15) is 47.5 Å². The third-order valence-electron chi connectivity index (χ3n) is 4.31. The zero-order valence-corrected chi connectivity index (χ0v) is 19.1. The maximum atomic E-state index is 12.4. The summed E-state index contributed by atoms with van der Waals surface area (Å²) in [6.07, 6.45) is 0.228. The number of aromatic amines is 1. The fraction of sp³-hybridized carbons (Fsp3) is 0.619. The lowest BCUT2D eigenvalue weighted by molar-refractivity contribution is -0.295. The van der Waals surface area contributed by atoms with Crippen LogP contribution in [-0.2, 0) is 19.0 Å². The fourth-order valence-electron chi connectivity index (χ4n) is 3.39. The first kappa shape index (κ1) is 23.7. The van der Waals surface area contributed by atoms with E-state index < -0.39 is 18.0 Å². The van der Waals surface area contributed by atoms with Crippen molar-refractivity contribution in [2.24, 2.45) is 0 Å². The molecule has 0 radical (unpaired) electrons. The number of hydrogen-bond acceptors (Lipinski definition) is 7. The minimum atomic E-state index is -2.88. The van der Waals surface area contributed by atoms with Crippen LogP contribution in [0.15, 0.2) is 23.4 Å². The second-order valence-electron chi connectivity index (χ2n) is 8.82. The van der Waals surface area contributed by atoms with Crippen LogP contribution in [0.5, 0.6) is 5.75 Å². The molecular weight excluding hydrogens is 430 g/mol. The van der Waals surface area contributed by atoms with Gasteiger partial charge >= 0.3 is 12.6 Å². The van der Waals surface area contributed by atoms with Crippen molar-refractivity contribution in [3.8, 4) is 5.75 Å². The zero-order valence-electron chi connectivity index (χ0n) is 18.2. The van der Waals surface area contributed by atoms with Crippen molar-refractivity contribution in [2.75, 3.05) is 5.75 Å². The van der Waals surface area contributed by atoms with Crippen molar-refractivity contribution in [2.45, 2.75) is 82.8 Å². The lowest BCUT2D eigenvalue weighted by atomic mass is 10.1. The minimum Gasteiger partial charge on any atom is -0.460 e. The Morgan fingerprint density at radius 2 is 2.03 bits per heavy atom. The van der Waals surface area contributed by atoms with Gasteiger partial charge in [0.05, 0.1) is 29.7 Å². The summed E-state index contributed by atoms with van der Waals surface area (Å²) >= 11 is 1.45. The summed E-state index contributed by atoms with van der Waals surface area (Å²) in [4.78, 5) is 19.8. The maximum absolute atomic E-state index is 12.4. The first-order valence-corrected chi connectivity index (χ1v) is 11.0. The molecule has 7 nitrogen and oxygen atoms in total. The van der Waals surface area contributed by atoms with Gasteiger partial charge in [0.25, 0.3) is 0 Å². The Bertz CT molecular complexity index is 913. The monoisotopic (exact) mass is 458 g/mol. The van der Waals surface area contributed by atoms with Crippen LogP contribution in [0.4, 0.5) is 8.78 Å². The average Bonchev–Trinajstić information content (AvgIpc) is 2.98. The molecule has 0 amide bonds. The molecule has 1 fully saturated rings. The number of ether oxygens (including phenoxy) is 4. The van der Waals surface area contributed by atoms with Gasteiger partial charge in [-0.15, -0.1) is 0 Å². The summed E-state index contributed by atoms with van der Waals surface area (Å²) in [6.45, 7) is 6.24. The number of benzene rings is 1. The van der Waals surface area contributed by atoms with Crippen molar-refractivity contribution >= 4 is 28.8 Å². The topological polar surface area (TPSA) is 82.7 Å². The lowest BCUT2D eigenvalue weighted by Crippen LogP contribution is -2.46. The number of imidazole rings is 1. The predicted octanol–water partition coefficient (Wildman–Crippen LogP) is 4.90. The molecule has 1 aromatic carbocycles. The van der Waals surface area contributed by atoms with E-state index in [2.05, 4.69) is 14.7 Å². The number of hydrogen-bond donors (Lipinski definition) is 1. The van der Waals surface area contributed by atoms with Gasteiger partial charge in [0.1, 0.15) is 11.4 Å². The Labute approximate surface area is 184 Å². The summed E-state index contributed by atoms with van der Waals surface area (Å²) < 4.78 is 46.5. The van der Waals surface area contributed by atoms with Crippen LogP contribution in [0.3, 0.4) is 0 Å². The number of nitrogens with zero attached hydrogens (tertiary/aromatic N) is 1. The Kier molecular flexibility index (Phi) is 7.12. The first-order valence-electron chi connectivity index (χ1n) is 10.0. The Morgan fingerprint density at radius 3 is 2.71 bits per heavy atom. The molecule has 2 atom stereocenters. The largest absolute Gasteiger partial charge is 0.460 e. The van der Waals surface area contributed by atoms with Crippen molar-refractivity contribution in [1.82, 2.24) is 9.97 Å². The number of carbonyl (C=O) groups is 1. The van der Waals surface area contributed by atoms with Gasteiger partial charge < -0.3 is 23.9 Å². The Hall–Kier alpha value is -1.91. The molecule has 2 aromatic rings. The molecule has 1 N–H and O–H groups in total. The minimum absolute atomic E-state index is 0.0602. The molecule has 1 aliphatic rings. The van der Waals surface area contributed by atoms with Gasteiger partial charge in [-0.3, -0.25) is 4.79 Å². The molecule has 31 heavy (non-hydrogen) atoms. The van der Waals surface area contributed by atoms with Crippen LogP contribution in [0.2, 0.25) is 0 Å². The van der Waals surface area contributed by atoms with Gasteiger partial charge in [-0.2, -0.15) is 8.78 Å². The SMILES string of the molecule is CC(C)(C)OC(=O)C[C@H]1C[C@@H](CSc2nc3cc(OC(F)F)ccc3[nH]2)OC(C)(C)O1. The third-order valence-corrected chi connectivity index (χ3v) is 5.31. The van der Waals surface area contributed by atoms with Crippen LogP contribution in [0, 0.1) is 0 Å². The summed E-state index contributed by atoms with van der Waals surface area (Å²) in [5, 5.41) is 0.640. The molecular formula is C21H28F2N2O5S. The maximum Gasteiger partial charge on any atom is 0.387 e. The summed E-state index contributed by atoms with van der Waals surface area (Å²) in [5.41, 5.74) is 0.714. The second-order valence-corrected chi connectivity index (χ2v) is 9.82. The van der Waals surface area contributed by atoms with E-state index in [0.29, 0.717) is 22.8 Å². The molecule has 172 valence electrons. The molecule has 1 aliphatic heterocycles. The molecule has 0 aliphatic carbocycles. The number of H-pyrrole nitrogens is 1. The second kappa shape index (κ2) is 9.30. The first-order chi connectivity index (χ1) is 14.4. The van der Waals surface area contributed by atoms with E-state index in [1.54, 1.807) is 6.07 Å². The molecule has 1 aromatic heterocycles. The van der Waals surface area contributed by atoms with Crippen LogP contribution in [0.25, 0.3) is 11.0 Å². The number of nitrogens with one attached hydrogen (secondary N) is 1. The smallest absolute Gasteiger partial charge is 0.387 e. The third kappa shape index (κ3) is 7.33. The molecule has 0 bridgehead atoms. The highest BCUT2D eigenvalue weighted by Gasteiger charge is 2.37. The Morgan fingerprint density at radius 1 is 1.32 bits per heavy atom. The highest BCUT2D eigenvalue weighted by atomic mass is 32.2. The van der Waals surface area contributed by atoms with Crippen molar-refractivity contribution < 1.29 is 32.5 Å². The summed E-state index contributed by atoms with van der Waals surface area (Å²) in [6, 6.07) is 4.58. The molecule has 1 saturated heterocycles. The van der Waals surface area contributed by atoms with E-state index in [9.17, 15) is 13.6 Å². The van der Waals surface area contributed by atoms with Crippen LogP contribution >= 0.6 is 11.8 Å². The van der Waals surface area contributed by atoms with Gasteiger partial charge in [-0.25, -0.2) is 4.98 Å². The van der Waals surface area contributed by atoms with Crippen LogP contribution < -0.4 is 4.74 Å². The van der Waals surface area contributed by atoms with E-state index in [1.165, 1.54) is 23.9 Å². The van der Waals surface area contributed by atoms with E-state index in [4.69, 9.17) is 14.2 Å². The number of thioether (sulfide) groups is 1. The van der Waals surface area contributed by atoms with Crippen molar-refractivity contribution in [3.63, 3.8) is 0 Å². The standard InChI is InChI=1S/C21H28F2N2O5S/c1-20(2,3)30-17(26)10-13-8-14(29-21(4,5)28-13)11-31-19-24-15-7-6-12(27-18(22)23)9-16(15)25-19/h6-7,9,13-14,18H,8,10-11H2,1-5H3,(H,24,25)/t13-,14+/m1/s1. The number of esters is 1. The highest BCUT2D eigenvalue weighted by molar-refractivity contribution is 7.99. The molecule has 0 unspecified atom stereocenters. The molecule has 10 heteroatoms. The van der Waals surface area contributed by atoms with Gasteiger partial charge in [0.2, 0.25) is 0 Å². The molecule has 3 rings (SSSR count). The van der Waals surface area contributed by atoms with E-state index in [-0.39, 0.29) is 30.3 Å². The van der Waals surface area contributed by atoms with E-state index >= 15 is 0 Å². The van der Waals surface area contributed by atoms with Gasteiger partial charge in [-0.05, 0) is 46.8 Å². The quantitative estimate of drug-likeness (QED) is 0.467. The van der Waals surface area contributed by atoms with Crippen molar-refractivity contribution in [1.29, 1.82) is 0 Å². The number of fused-ring (bicyclic) bond motifs is 1. The summed E-state index contributed by atoms with van der Waals surface area (Å²) in [7, 11) is 0. The van der Waals surface area contributed by atoms with E-state index in [0.717, 1.165) is 5.52 Å². The average molecular weight is 459 g/mol.